The highest BCUT2D eigenvalue weighted by Crippen LogP contribution is 2.23. The third kappa shape index (κ3) is 4.19. The monoisotopic (exact) mass is 235 g/mol. The number of aliphatic hydroxyl groups is 1. The first-order valence-electron chi connectivity index (χ1n) is 6.00. The molecule has 0 fully saturated rings. The Morgan fingerprint density at radius 2 is 2.12 bits per heavy atom. The van der Waals surface area contributed by atoms with Crippen LogP contribution in [0.25, 0.3) is 0 Å². The minimum absolute atomic E-state index is 0.0258. The fraction of sp³-hybridized carbons (Fsp3) is 0.500. The summed E-state index contributed by atoms with van der Waals surface area (Å²) in [5, 5.41) is 12.6. The molecule has 0 aromatic heterocycles. The van der Waals surface area contributed by atoms with E-state index in [-0.39, 0.29) is 5.91 Å². The zero-order valence-corrected chi connectivity index (χ0v) is 10.8. The van der Waals surface area contributed by atoms with E-state index >= 15 is 0 Å². The molecule has 94 valence electrons. The second-order valence-corrected chi connectivity index (χ2v) is 4.44. The van der Waals surface area contributed by atoms with E-state index in [1.165, 1.54) is 5.56 Å². The third-order valence-corrected chi connectivity index (χ3v) is 2.94. The van der Waals surface area contributed by atoms with Gasteiger partial charge in [-0.25, -0.2) is 0 Å². The van der Waals surface area contributed by atoms with Gasteiger partial charge in [-0.05, 0) is 37.8 Å². The summed E-state index contributed by atoms with van der Waals surface area (Å²) in [5.41, 5.74) is 3.27. The van der Waals surface area contributed by atoms with Gasteiger partial charge in [0.2, 0.25) is 5.91 Å². The van der Waals surface area contributed by atoms with Crippen LogP contribution in [0.4, 0.5) is 0 Å². The maximum Gasteiger partial charge on any atom is 0.219 e. The maximum absolute atomic E-state index is 11.0. The lowest BCUT2D eigenvalue weighted by atomic mass is 9.97. The molecule has 1 rings (SSSR count). The molecule has 0 aliphatic heterocycles. The molecule has 1 atom stereocenters. The molecule has 1 aromatic rings. The van der Waals surface area contributed by atoms with Gasteiger partial charge in [0.25, 0.3) is 0 Å². The van der Waals surface area contributed by atoms with Crippen molar-refractivity contribution in [3.8, 4) is 0 Å². The van der Waals surface area contributed by atoms with Crippen molar-refractivity contribution in [1.29, 1.82) is 0 Å². The van der Waals surface area contributed by atoms with E-state index in [1.807, 2.05) is 26.0 Å². The summed E-state index contributed by atoms with van der Waals surface area (Å²) < 4.78 is 0. The van der Waals surface area contributed by atoms with Gasteiger partial charge in [-0.2, -0.15) is 0 Å². The fourth-order valence-electron chi connectivity index (χ4n) is 1.94. The minimum Gasteiger partial charge on any atom is -0.388 e. The van der Waals surface area contributed by atoms with E-state index in [0.717, 1.165) is 11.1 Å². The molecule has 0 aliphatic carbocycles. The van der Waals surface area contributed by atoms with E-state index < -0.39 is 6.10 Å². The highest BCUT2D eigenvalue weighted by Gasteiger charge is 2.10. The van der Waals surface area contributed by atoms with Crippen molar-refractivity contribution in [3.05, 3.63) is 34.9 Å². The smallest absolute Gasteiger partial charge is 0.219 e. The van der Waals surface area contributed by atoms with E-state index in [0.29, 0.717) is 19.3 Å². The van der Waals surface area contributed by atoms with Crippen LogP contribution >= 0.6 is 0 Å². The van der Waals surface area contributed by atoms with Crippen LogP contribution < -0.4 is 5.32 Å². The predicted octanol–water partition coefficient (Wildman–Crippen LogP) is 2.25. The van der Waals surface area contributed by atoms with Gasteiger partial charge in [-0.1, -0.05) is 23.8 Å². The predicted molar refractivity (Wildman–Crippen MR) is 68.8 cm³/mol. The quantitative estimate of drug-likeness (QED) is 0.822. The highest BCUT2D eigenvalue weighted by molar-refractivity contribution is 5.75. The number of nitrogens with one attached hydrogen (secondary N) is 1. The van der Waals surface area contributed by atoms with Crippen LogP contribution in [-0.4, -0.2) is 18.1 Å². The first kappa shape index (κ1) is 13.7. The van der Waals surface area contributed by atoms with Crippen molar-refractivity contribution in [3.63, 3.8) is 0 Å². The average Bonchev–Trinajstić information content (AvgIpc) is 2.28. The third-order valence-electron chi connectivity index (χ3n) is 2.94. The first-order chi connectivity index (χ1) is 8.04. The molecule has 2 N–H and O–H groups in total. The van der Waals surface area contributed by atoms with Crippen molar-refractivity contribution in [2.75, 3.05) is 7.05 Å². The lowest BCUT2D eigenvalue weighted by Gasteiger charge is -2.14. The molecule has 0 aliphatic rings. The zero-order chi connectivity index (χ0) is 12.8. The molecule has 3 nitrogen and oxygen atoms in total. The molecular weight excluding hydrogens is 214 g/mol. The second kappa shape index (κ2) is 6.40. The van der Waals surface area contributed by atoms with Gasteiger partial charge in [0, 0.05) is 13.5 Å². The summed E-state index contributed by atoms with van der Waals surface area (Å²) in [6.07, 6.45) is 1.32. The summed E-state index contributed by atoms with van der Waals surface area (Å²) >= 11 is 0. The average molecular weight is 235 g/mol. The number of rotatable bonds is 5. The summed E-state index contributed by atoms with van der Waals surface area (Å²) in [4.78, 5) is 11.0. The molecule has 0 heterocycles. The van der Waals surface area contributed by atoms with Crippen LogP contribution in [0.1, 0.15) is 42.1 Å². The van der Waals surface area contributed by atoms with E-state index in [9.17, 15) is 9.90 Å². The number of amides is 1. The standard InChI is InChI=1S/C14H21NO2/c1-10-7-8-12(11(2)9-10)13(16)5-4-6-14(17)15-3/h7-9,13,16H,4-6H2,1-3H3,(H,15,17). The first-order valence-corrected chi connectivity index (χ1v) is 6.00. The van der Waals surface area contributed by atoms with Crippen LogP contribution in [0, 0.1) is 13.8 Å². The SMILES string of the molecule is CNC(=O)CCCC(O)c1ccc(C)cc1C. The van der Waals surface area contributed by atoms with Gasteiger partial charge in [0.05, 0.1) is 6.10 Å². The summed E-state index contributed by atoms with van der Waals surface area (Å²) in [7, 11) is 1.63. The Morgan fingerprint density at radius 3 is 2.71 bits per heavy atom. The molecule has 1 aromatic carbocycles. The van der Waals surface area contributed by atoms with Gasteiger partial charge in [0.1, 0.15) is 0 Å². The largest absolute Gasteiger partial charge is 0.388 e. The Labute approximate surface area is 103 Å². The molecular formula is C14H21NO2. The normalized spacial score (nSPS) is 12.2. The number of aliphatic hydroxyl groups excluding tert-OH is 1. The second-order valence-electron chi connectivity index (χ2n) is 4.44. The number of hydrogen-bond acceptors (Lipinski definition) is 2. The maximum atomic E-state index is 11.0. The van der Waals surface area contributed by atoms with E-state index in [4.69, 9.17) is 0 Å². The van der Waals surface area contributed by atoms with Gasteiger partial charge in [-0.15, -0.1) is 0 Å². The van der Waals surface area contributed by atoms with Crippen molar-refractivity contribution < 1.29 is 9.90 Å². The molecule has 17 heavy (non-hydrogen) atoms. The molecule has 0 spiro atoms. The summed E-state index contributed by atoms with van der Waals surface area (Å²) in [6, 6.07) is 6.04. The van der Waals surface area contributed by atoms with Crippen molar-refractivity contribution in [2.45, 2.75) is 39.2 Å². The minimum atomic E-state index is -0.472. The Hall–Kier alpha value is -1.35. The van der Waals surface area contributed by atoms with Crippen LogP contribution in [0.2, 0.25) is 0 Å². The molecule has 0 bridgehead atoms. The number of carbonyl (C=O) groups excluding carboxylic acids is 1. The van der Waals surface area contributed by atoms with Gasteiger partial charge >= 0.3 is 0 Å². The van der Waals surface area contributed by atoms with Crippen LogP contribution in [-0.2, 0) is 4.79 Å². The van der Waals surface area contributed by atoms with Crippen molar-refractivity contribution in [2.24, 2.45) is 0 Å². The number of aryl methyl sites for hydroxylation is 2. The number of carbonyl (C=O) groups is 1. The topological polar surface area (TPSA) is 49.3 Å². The van der Waals surface area contributed by atoms with Crippen LogP contribution in [0.3, 0.4) is 0 Å². The van der Waals surface area contributed by atoms with Crippen LogP contribution in [0.5, 0.6) is 0 Å². The lowest BCUT2D eigenvalue weighted by Crippen LogP contribution is -2.17. The van der Waals surface area contributed by atoms with E-state index in [2.05, 4.69) is 11.4 Å². The van der Waals surface area contributed by atoms with E-state index in [1.54, 1.807) is 7.05 Å². The Balaban J connectivity index is 2.52. The van der Waals surface area contributed by atoms with Crippen LogP contribution in [0.15, 0.2) is 18.2 Å². The molecule has 0 saturated heterocycles. The Bertz CT molecular complexity index is 388. The Kier molecular flexibility index (Phi) is 5.16. The number of hydrogen-bond donors (Lipinski definition) is 2. The zero-order valence-electron chi connectivity index (χ0n) is 10.8. The summed E-state index contributed by atoms with van der Waals surface area (Å²) in [6.45, 7) is 4.04. The summed E-state index contributed by atoms with van der Waals surface area (Å²) in [5.74, 6) is 0.0258. The molecule has 3 heteroatoms. The van der Waals surface area contributed by atoms with Gasteiger partial charge in [-0.3, -0.25) is 4.79 Å². The highest BCUT2D eigenvalue weighted by atomic mass is 16.3. The van der Waals surface area contributed by atoms with Crippen molar-refractivity contribution >= 4 is 5.91 Å². The molecule has 0 saturated carbocycles. The number of benzene rings is 1. The lowest BCUT2D eigenvalue weighted by molar-refractivity contribution is -0.120. The van der Waals surface area contributed by atoms with Gasteiger partial charge < -0.3 is 10.4 Å². The molecule has 0 radical (unpaired) electrons. The van der Waals surface area contributed by atoms with Crippen molar-refractivity contribution in [1.82, 2.24) is 5.32 Å². The Morgan fingerprint density at radius 1 is 1.41 bits per heavy atom. The fourth-order valence-corrected chi connectivity index (χ4v) is 1.94. The molecule has 1 amide bonds. The molecule has 1 unspecified atom stereocenters. The van der Waals surface area contributed by atoms with Gasteiger partial charge in [0.15, 0.2) is 0 Å².